The molecular weight excluding hydrogens is 522 g/mol. The fraction of sp³-hybridized carbons (Fsp3) is 0.480. The predicted molar refractivity (Wildman–Crippen MR) is 136 cm³/mol. The van der Waals surface area contributed by atoms with E-state index in [1.54, 1.807) is 0 Å². The molecule has 4 saturated carbocycles. The summed E-state index contributed by atoms with van der Waals surface area (Å²) in [5, 5.41) is 4.97. The van der Waals surface area contributed by atoms with Crippen molar-refractivity contribution in [2.24, 2.45) is 23.0 Å². The van der Waals surface area contributed by atoms with Crippen molar-refractivity contribution in [2.45, 2.75) is 57.0 Å². The summed E-state index contributed by atoms with van der Waals surface area (Å²) < 4.78 is 0. The van der Waals surface area contributed by atoms with Gasteiger partial charge in [-0.1, -0.05) is 70.1 Å². The number of halogens is 5. The first-order chi connectivity index (χ1) is 15.7. The molecule has 0 saturated heterocycles. The molecule has 33 heavy (non-hydrogen) atoms. The van der Waals surface area contributed by atoms with Crippen molar-refractivity contribution in [1.82, 2.24) is 5.32 Å². The Kier molecular flexibility index (Phi) is 6.38. The van der Waals surface area contributed by atoms with E-state index in [1.165, 1.54) is 12.0 Å². The van der Waals surface area contributed by atoms with Gasteiger partial charge in [0.2, 0.25) is 5.91 Å². The van der Waals surface area contributed by atoms with E-state index in [1.807, 2.05) is 12.1 Å². The number of amides is 1. The summed E-state index contributed by atoms with van der Waals surface area (Å²) in [6, 6.07) is 8.21. The molecule has 4 bridgehead atoms. The Morgan fingerprint density at radius 3 is 2.09 bits per heavy atom. The summed E-state index contributed by atoms with van der Waals surface area (Å²) in [7, 11) is 0. The largest absolute Gasteiger partial charge is 0.351 e. The second-order valence-corrected chi connectivity index (χ2v) is 12.1. The smallest absolute Gasteiger partial charge is 0.226 e. The third-order valence-electron chi connectivity index (χ3n) is 8.07. The van der Waals surface area contributed by atoms with Crippen molar-refractivity contribution in [3.05, 3.63) is 66.1 Å². The molecule has 0 aliphatic heterocycles. The van der Waals surface area contributed by atoms with Gasteiger partial charge in [-0.15, -0.1) is 0 Å². The lowest BCUT2D eigenvalue weighted by Gasteiger charge is -2.61. The van der Waals surface area contributed by atoms with Crippen molar-refractivity contribution >= 4 is 63.9 Å². The van der Waals surface area contributed by atoms with Gasteiger partial charge in [-0.25, -0.2) is 0 Å². The monoisotopic (exact) mass is 544 g/mol. The molecule has 3 N–H and O–H groups in total. The van der Waals surface area contributed by atoms with E-state index in [0.717, 1.165) is 37.1 Å². The molecule has 2 atom stereocenters. The van der Waals surface area contributed by atoms with Gasteiger partial charge in [-0.3, -0.25) is 4.79 Å². The number of carbonyl (C=O) groups excluding carboxylic acids is 1. The summed E-state index contributed by atoms with van der Waals surface area (Å²) in [6.07, 6.45) is 6.23. The zero-order valence-corrected chi connectivity index (χ0v) is 21.8. The normalized spacial score (nSPS) is 30.0. The maximum Gasteiger partial charge on any atom is 0.226 e. The lowest BCUT2D eigenvalue weighted by Crippen LogP contribution is -2.59. The molecular formula is C25H25Cl5N2O. The molecule has 0 radical (unpaired) electrons. The fourth-order valence-electron chi connectivity index (χ4n) is 7.10. The summed E-state index contributed by atoms with van der Waals surface area (Å²) in [5.41, 5.74) is 7.87. The van der Waals surface area contributed by atoms with Crippen LogP contribution in [0.3, 0.4) is 0 Å². The Morgan fingerprint density at radius 1 is 0.879 bits per heavy atom. The van der Waals surface area contributed by atoms with Gasteiger partial charge in [-0.05, 0) is 73.5 Å². The van der Waals surface area contributed by atoms with E-state index in [0.29, 0.717) is 28.0 Å². The number of hydrogen-bond acceptors (Lipinski definition) is 2. The van der Waals surface area contributed by atoms with E-state index in [2.05, 4.69) is 17.4 Å². The van der Waals surface area contributed by atoms with Crippen LogP contribution in [-0.2, 0) is 23.3 Å². The molecule has 2 unspecified atom stereocenters. The first kappa shape index (κ1) is 24.0. The van der Waals surface area contributed by atoms with Crippen LogP contribution in [0.2, 0.25) is 25.1 Å². The van der Waals surface area contributed by atoms with Crippen LogP contribution in [0.25, 0.3) is 0 Å². The predicted octanol–water partition coefficient (Wildman–Crippen LogP) is 7.57. The summed E-state index contributed by atoms with van der Waals surface area (Å²) in [5.74, 6) is 1.20. The third-order valence-corrected chi connectivity index (χ3v) is 10.2. The number of hydrogen-bond donors (Lipinski definition) is 2. The Bertz CT molecular complexity index is 1100. The van der Waals surface area contributed by atoms with Gasteiger partial charge >= 0.3 is 0 Å². The quantitative estimate of drug-likeness (QED) is 0.300. The van der Waals surface area contributed by atoms with Crippen molar-refractivity contribution in [3.8, 4) is 0 Å². The van der Waals surface area contributed by atoms with E-state index in [9.17, 15) is 4.79 Å². The van der Waals surface area contributed by atoms with Crippen LogP contribution in [-0.4, -0.2) is 5.91 Å². The van der Waals surface area contributed by atoms with Crippen molar-refractivity contribution in [1.29, 1.82) is 0 Å². The maximum absolute atomic E-state index is 13.7. The van der Waals surface area contributed by atoms with Crippen LogP contribution in [0.1, 0.15) is 55.2 Å². The van der Waals surface area contributed by atoms with Crippen LogP contribution in [0, 0.1) is 17.3 Å². The van der Waals surface area contributed by atoms with E-state index in [-0.39, 0.29) is 44.9 Å². The number of nitrogens with two attached hydrogens (primary N) is 1. The molecule has 0 heterocycles. The van der Waals surface area contributed by atoms with Crippen LogP contribution < -0.4 is 11.1 Å². The van der Waals surface area contributed by atoms with Crippen molar-refractivity contribution in [2.75, 3.05) is 0 Å². The van der Waals surface area contributed by atoms with Crippen molar-refractivity contribution in [3.63, 3.8) is 0 Å². The fourth-order valence-corrected chi connectivity index (χ4v) is 8.45. The summed E-state index contributed by atoms with van der Waals surface area (Å²) in [4.78, 5) is 13.7. The number of nitrogens with one attached hydrogen (secondary N) is 1. The van der Waals surface area contributed by atoms with Gasteiger partial charge in [0.05, 0.1) is 25.5 Å². The highest BCUT2D eigenvalue weighted by atomic mass is 35.5. The van der Waals surface area contributed by atoms with Crippen LogP contribution >= 0.6 is 58.0 Å². The second-order valence-electron chi connectivity index (χ2n) is 10.1. The average molecular weight is 547 g/mol. The zero-order valence-electron chi connectivity index (χ0n) is 18.0. The topological polar surface area (TPSA) is 55.1 Å². The van der Waals surface area contributed by atoms with Crippen LogP contribution in [0.5, 0.6) is 0 Å². The first-order valence-corrected chi connectivity index (χ1v) is 13.1. The minimum absolute atomic E-state index is 0.0393. The molecule has 2 aromatic carbocycles. The molecule has 8 heteroatoms. The molecule has 0 aromatic heterocycles. The molecule has 4 aliphatic carbocycles. The van der Waals surface area contributed by atoms with Crippen LogP contribution in [0.15, 0.2) is 24.3 Å². The molecule has 4 fully saturated rings. The van der Waals surface area contributed by atoms with Gasteiger partial charge in [0, 0.05) is 29.2 Å². The lowest BCUT2D eigenvalue weighted by atomic mass is 9.42. The lowest BCUT2D eigenvalue weighted by molar-refractivity contribution is -0.149. The molecule has 2 aromatic rings. The Labute approximate surface area is 219 Å². The van der Waals surface area contributed by atoms with Gasteiger partial charge in [0.25, 0.3) is 0 Å². The standard InChI is InChI=1S/C25H25Cl5N2O/c26-16-3-1-15(2-4-16)24-6-13-5-14(7-24)9-25(8-13,12-24)23(33)32-11-18-19(27)17(10-31)20(28)22(30)21(18)29/h1-4,13-14H,5-12,31H2,(H,32,33). The minimum Gasteiger partial charge on any atom is -0.351 e. The number of carbonyl (C=O) groups is 1. The third kappa shape index (κ3) is 3.97. The van der Waals surface area contributed by atoms with Gasteiger partial charge in [-0.2, -0.15) is 0 Å². The number of benzene rings is 2. The highest BCUT2D eigenvalue weighted by molar-refractivity contribution is 6.50. The molecule has 3 nitrogen and oxygen atoms in total. The average Bonchev–Trinajstić information content (AvgIpc) is 2.77. The summed E-state index contributed by atoms with van der Waals surface area (Å²) >= 11 is 31.7. The second kappa shape index (κ2) is 8.76. The first-order valence-electron chi connectivity index (χ1n) is 11.3. The summed E-state index contributed by atoms with van der Waals surface area (Å²) in [6.45, 7) is 0.317. The Morgan fingerprint density at radius 2 is 1.48 bits per heavy atom. The highest BCUT2D eigenvalue weighted by Crippen LogP contribution is 2.65. The molecule has 6 rings (SSSR count). The van der Waals surface area contributed by atoms with Gasteiger partial charge in [0.15, 0.2) is 0 Å². The Hall–Kier alpha value is -0.680. The molecule has 4 aliphatic rings. The molecule has 1 amide bonds. The van der Waals surface area contributed by atoms with E-state index < -0.39 is 0 Å². The van der Waals surface area contributed by atoms with Crippen molar-refractivity contribution < 1.29 is 4.79 Å². The minimum atomic E-state index is -0.379. The SMILES string of the molecule is NCc1c(Cl)c(Cl)c(Cl)c(CNC(=O)C23CC4CC(C2)CC(c2ccc(Cl)cc2)(C4)C3)c1Cl. The van der Waals surface area contributed by atoms with E-state index in [4.69, 9.17) is 63.7 Å². The maximum atomic E-state index is 13.7. The molecule has 176 valence electrons. The van der Waals surface area contributed by atoms with Crippen LogP contribution in [0.4, 0.5) is 0 Å². The molecule has 0 spiro atoms. The van der Waals surface area contributed by atoms with E-state index >= 15 is 0 Å². The van der Waals surface area contributed by atoms with Gasteiger partial charge < -0.3 is 11.1 Å². The van der Waals surface area contributed by atoms with Gasteiger partial charge in [0.1, 0.15) is 0 Å². The zero-order chi connectivity index (χ0) is 23.5. The Balaban J connectivity index is 1.42. The number of rotatable bonds is 5. The highest BCUT2D eigenvalue weighted by Gasteiger charge is 2.60.